The molecule has 1 atom stereocenters. The van der Waals surface area contributed by atoms with Gasteiger partial charge in [0.15, 0.2) is 11.6 Å². The topological polar surface area (TPSA) is 66.1 Å². The summed E-state index contributed by atoms with van der Waals surface area (Å²) in [6.07, 6.45) is 4.03. The number of aromatic nitrogens is 2. The first kappa shape index (κ1) is 16.1. The lowest BCUT2D eigenvalue weighted by Crippen LogP contribution is -2.40. The van der Waals surface area contributed by atoms with Crippen LogP contribution in [-0.2, 0) is 16.4 Å². The first-order chi connectivity index (χ1) is 11.0. The number of nitrogens with zero attached hydrogens (tertiary/aromatic N) is 2. The van der Waals surface area contributed by atoms with Gasteiger partial charge in [-0.2, -0.15) is 9.40 Å². The zero-order valence-electron chi connectivity index (χ0n) is 12.4. The van der Waals surface area contributed by atoms with E-state index in [0.29, 0.717) is 19.5 Å². The number of rotatable bonds is 4. The molecule has 23 heavy (non-hydrogen) atoms. The molecule has 0 bridgehead atoms. The van der Waals surface area contributed by atoms with Crippen molar-refractivity contribution in [2.75, 3.05) is 13.1 Å². The van der Waals surface area contributed by atoms with E-state index in [2.05, 4.69) is 10.2 Å². The van der Waals surface area contributed by atoms with Crippen molar-refractivity contribution in [3.63, 3.8) is 0 Å². The molecule has 8 heteroatoms. The number of hydrogen-bond donors (Lipinski definition) is 1. The van der Waals surface area contributed by atoms with Crippen LogP contribution in [0.4, 0.5) is 8.78 Å². The van der Waals surface area contributed by atoms with E-state index in [1.807, 2.05) is 6.07 Å². The fraction of sp³-hybridized carbons (Fsp3) is 0.400. The largest absolute Gasteiger partial charge is 0.283 e. The summed E-state index contributed by atoms with van der Waals surface area (Å²) in [5.41, 5.74) is 0.960. The van der Waals surface area contributed by atoms with E-state index in [-0.39, 0.29) is 10.8 Å². The first-order valence-electron chi connectivity index (χ1n) is 7.40. The Labute approximate surface area is 133 Å². The van der Waals surface area contributed by atoms with Crippen LogP contribution in [-0.4, -0.2) is 36.0 Å². The van der Waals surface area contributed by atoms with Gasteiger partial charge in [-0.15, -0.1) is 0 Å². The molecule has 3 rings (SSSR count). The van der Waals surface area contributed by atoms with Crippen molar-refractivity contribution in [2.24, 2.45) is 5.92 Å². The molecule has 1 aliphatic rings. The molecule has 1 aromatic carbocycles. The highest BCUT2D eigenvalue weighted by Crippen LogP contribution is 2.26. The fourth-order valence-corrected chi connectivity index (χ4v) is 4.47. The Morgan fingerprint density at radius 3 is 2.78 bits per heavy atom. The lowest BCUT2D eigenvalue weighted by atomic mass is 9.95. The Morgan fingerprint density at radius 1 is 1.26 bits per heavy atom. The van der Waals surface area contributed by atoms with Crippen LogP contribution in [0.2, 0.25) is 0 Å². The molecule has 0 aliphatic carbocycles. The molecule has 1 N–H and O–H groups in total. The molecular weight excluding hydrogens is 324 g/mol. The molecule has 0 radical (unpaired) electrons. The number of halogens is 2. The molecule has 1 fully saturated rings. The van der Waals surface area contributed by atoms with E-state index in [1.165, 1.54) is 4.31 Å². The van der Waals surface area contributed by atoms with Crippen molar-refractivity contribution in [1.82, 2.24) is 14.5 Å². The maximum atomic E-state index is 13.3. The normalized spacial score (nSPS) is 19.8. The Balaban J connectivity index is 1.77. The highest BCUT2D eigenvalue weighted by molar-refractivity contribution is 7.89. The summed E-state index contributed by atoms with van der Waals surface area (Å²) in [4.78, 5) is -0.210. The number of sulfonamides is 1. The highest BCUT2D eigenvalue weighted by Gasteiger charge is 2.31. The summed E-state index contributed by atoms with van der Waals surface area (Å²) in [6.45, 7) is 0.751. The molecule has 1 aromatic heterocycles. The van der Waals surface area contributed by atoms with Gasteiger partial charge in [0, 0.05) is 25.0 Å². The second kappa shape index (κ2) is 6.37. The maximum absolute atomic E-state index is 13.3. The lowest BCUT2D eigenvalue weighted by Gasteiger charge is -2.31. The molecule has 2 heterocycles. The maximum Gasteiger partial charge on any atom is 0.243 e. The predicted molar refractivity (Wildman–Crippen MR) is 80.1 cm³/mol. The van der Waals surface area contributed by atoms with Crippen LogP contribution in [0.5, 0.6) is 0 Å². The molecule has 1 saturated heterocycles. The van der Waals surface area contributed by atoms with Gasteiger partial charge in [0.1, 0.15) is 0 Å². The van der Waals surface area contributed by atoms with Crippen LogP contribution in [0, 0.1) is 17.6 Å². The van der Waals surface area contributed by atoms with Gasteiger partial charge >= 0.3 is 0 Å². The molecule has 2 aromatic rings. The minimum absolute atomic E-state index is 0.171. The average Bonchev–Trinajstić information content (AvgIpc) is 3.03. The molecule has 1 aliphatic heterocycles. The Morgan fingerprint density at radius 2 is 2.09 bits per heavy atom. The number of hydrogen-bond acceptors (Lipinski definition) is 3. The summed E-state index contributed by atoms with van der Waals surface area (Å²) in [5, 5.41) is 6.76. The fourth-order valence-electron chi connectivity index (χ4n) is 2.91. The van der Waals surface area contributed by atoms with Crippen molar-refractivity contribution in [3.8, 4) is 0 Å². The Bertz CT molecular complexity index is 778. The Kier molecular flexibility index (Phi) is 4.45. The van der Waals surface area contributed by atoms with Crippen molar-refractivity contribution >= 4 is 10.0 Å². The van der Waals surface area contributed by atoms with Crippen molar-refractivity contribution < 1.29 is 17.2 Å². The molecular formula is C15H17F2N3O2S. The number of nitrogens with one attached hydrogen (secondary N) is 1. The van der Waals surface area contributed by atoms with Gasteiger partial charge in [-0.3, -0.25) is 5.10 Å². The van der Waals surface area contributed by atoms with Crippen LogP contribution in [0.25, 0.3) is 0 Å². The number of benzene rings is 1. The zero-order chi connectivity index (χ0) is 16.4. The van der Waals surface area contributed by atoms with Gasteiger partial charge in [-0.05, 0) is 49.4 Å². The summed E-state index contributed by atoms with van der Waals surface area (Å²) in [6, 6.07) is 4.55. The van der Waals surface area contributed by atoms with Crippen LogP contribution in [0.3, 0.4) is 0 Å². The quantitative estimate of drug-likeness (QED) is 0.928. The van der Waals surface area contributed by atoms with Crippen molar-refractivity contribution in [1.29, 1.82) is 0 Å². The third-order valence-electron chi connectivity index (χ3n) is 4.08. The van der Waals surface area contributed by atoms with E-state index in [9.17, 15) is 17.2 Å². The summed E-state index contributed by atoms with van der Waals surface area (Å²) >= 11 is 0. The predicted octanol–water partition coefficient (Wildman–Crippen LogP) is 2.33. The van der Waals surface area contributed by atoms with Crippen molar-refractivity contribution in [3.05, 3.63) is 47.8 Å². The van der Waals surface area contributed by atoms with E-state index < -0.39 is 21.7 Å². The molecule has 1 unspecified atom stereocenters. The van der Waals surface area contributed by atoms with E-state index in [4.69, 9.17) is 0 Å². The Hall–Kier alpha value is -1.80. The second-order valence-corrected chi connectivity index (χ2v) is 7.67. The lowest BCUT2D eigenvalue weighted by molar-refractivity contribution is 0.264. The van der Waals surface area contributed by atoms with Gasteiger partial charge in [0.25, 0.3) is 0 Å². The first-order valence-corrected chi connectivity index (χ1v) is 8.84. The minimum Gasteiger partial charge on any atom is -0.283 e. The van der Waals surface area contributed by atoms with Gasteiger partial charge < -0.3 is 0 Å². The molecule has 124 valence electrons. The summed E-state index contributed by atoms with van der Waals surface area (Å²) in [7, 11) is -3.81. The summed E-state index contributed by atoms with van der Waals surface area (Å²) < 4.78 is 52.9. The van der Waals surface area contributed by atoms with E-state index in [1.54, 1.807) is 6.20 Å². The number of piperidine rings is 1. The third-order valence-corrected chi connectivity index (χ3v) is 5.94. The average molecular weight is 341 g/mol. The van der Waals surface area contributed by atoms with Crippen LogP contribution in [0.15, 0.2) is 35.4 Å². The van der Waals surface area contributed by atoms with Gasteiger partial charge in [-0.25, -0.2) is 17.2 Å². The number of aromatic amines is 1. The summed E-state index contributed by atoms with van der Waals surface area (Å²) in [5.74, 6) is -2.04. The van der Waals surface area contributed by atoms with Crippen LogP contribution in [0.1, 0.15) is 18.5 Å². The SMILES string of the molecule is O=S(=O)(c1ccc(F)c(F)c1)N1CCCC(Cc2ccn[nH]2)C1. The standard InChI is InChI=1S/C15H17F2N3O2S/c16-14-4-3-13(9-15(14)17)23(21,22)20-7-1-2-11(10-20)8-12-5-6-18-19-12/h3-6,9,11H,1-2,7-8,10H2,(H,18,19). The highest BCUT2D eigenvalue weighted by atomic mass is 32.2. The monoisotopic (exact) mass is 341 g/mol. The smallest absolute Gasteiger partial charge is 0.243 e. The zero-order valence-corrected chi connectivity index (χ0v) is 13.2. The van der Waals surface area contributed by atoms with Gasteiger partial charge in [0.05, 0.1) is 4.90 Å². The minimum atomic E-state index is -3.81. The molecule has 0 amide bonds. The van der Waals surface area contributed by atoms with Gasteiger partial charge in [-0.1, -0.05) is 0 Å². The van der Waals surface area contributed by atoms with Crippen LogP contribution < -0.4 is 0 Å². The van der Waals surface area contributed by atoms with Gasteiger partial charge in [0.2, 0.25) is 10.0 Å². The second-order valence-electron chi connectivity index (χ2n) is 5.73. The van der Waals surface area contributed by atoms with E-state index in [0.717, 1.165) is 36.7 Å². The van der Waals surface area contributed by atoms with Crippen LogP contribution >= 0.6 is 0 Å². The molecule has 0 spiro atoms. The number of H-pyrrole nitrogens is 1. The molecule has 5 nitrogen and oxygen atoms in total. The van der Waals surface area contributed by atoms with Crippen molar-refractivity contribution in [2.45, 2.75) is 24.2 Å². The van der Waals surface area contributed by atoms with E-state index >= 15 is 0 Å². The third kappa shape index (κ3) is 3.42. The molecule has 0 saturated carbocycles.